The fraction of sp³-hybridized carbons (Fsp3) is 0.200. The second-order valence-electron chi connectivity index (χ2n) is 4.49. The van der Waals surface area contributed by atoms with Crippen LogP contribution in [0, 0.1) is 13.8 Å². The molecule has 2 heteroatoms. The van der Waals surface area contributed by atoms with Crippen molar-refractivity contribution in [2.24, 2.45) is 0 Å². The third-order valence-electron chi connectivity index (χ3n) is 3.38. The van der Waals surface area contributed by atoms with E-state index < -0.39 is 0 Å². The molecule has 0 saturated heterocycles. The van der Waals surface area contributed by atoms with Crippen molar-refractivity contribution in [2.45, 2.75) is 19.7 Å². The maximum Gasteiger partial charge on any atom is 0.0480 e. The zero-order valence-electron chi connectivity index (χ0n) is 10.5. The van der Waals surface area contributed by atoms with Crippen LogP contribution in [0.4, 0.5) is 0 Å². The standard InChI is InChI=1S/C15H17ClSi/c1-10-5-3-7-13(11(10)2)15-12(9-16)6-4-8-14(15)17/h3-8H,9H2,1-2,17H3. The lowest BCUT2D eigenvalue weighted by Gasteiger charge is -2.15. The number of alkyl halides is 1. The van der Waals surface area contributed by atoms with Gasteiger partial charge in [-0.05, 0) is 41.7 Å². The number of rotatable bonds is 2. The van der Waals surface area contributed by atoms with E-state index in [1.54, 1.807) is 0 Å². The molecule has 0 spiro atoms. The molecule has 0 heterocycles. The smallest absolute Gasteiger partial charge is 0.0480 e. The first-order valence-corrected chi connectivity index (χ1v) is 7.39. The van der Waals surface area contributed by atoms with Crippen LogP contribution in [0.25, 0.3) is 11.1 Å². The van der Waals surface area contributed by atoms with E-state index in [0.717, 1.165) is 10.2 Å². The summed E-state index contributed by atoms with van der Waals surface area (Å²) in [4.78, 5) is 0. The highest BCUT2D eigenvalue weighted by Gasteiger charge is 2.10. The van der Waals surface area contributed by atoms with Gasteiger partial charge in [0.25, 0.3) is 0 Å². The molecule has 0 aliphatic carbocycles. The van der Waals surface area contributed by atoms with Gasteiger partial charge < -0.3 is 0 Å². The van der Waals surface area contributed by atoms with Crippen molar-refractivity contribution in [3.8, 4) is 11.1 Å². The minimum atomic E-state index is 0.582. The van der Waals surface area contributed by atoms with Crippen LogP contribution in [0.3, 0.4) is 0 Å². The average molecular weight is 261 g/mol. The molecule has 0 fully saturated rings. The summed E-state index contributed by atoms with van der Waals surface area (Å²) < 4.78 is 0. The van der Waals surface area contributed by atoms with E-state index in [1.807, 2.05) is 0 Å². The predicted octanol–water partition coefficient (Wildman–Crippen LogP) is 2.70. The fourth-order valence-electron chi connectivity index (χ4n) is 2.25. The Kier molecular flexibility index (Phi) is 3.70. The Balaban J connectivity index is 2.72. The molecule has 0 aliphatic rings. The lowest BCUT2D eigenvalue weighted by molar-refractivity contribution is 1.32. The Morgan fingerprint density at radius 2 is 1.76 bits per heavy atom. The molecule has 17 heavy (non-hydrogen) atoms. The molecule has 2 rings (SSSR count). The summed E-state index contributed by atoms with van der Waals surface area (Å²) in [7, 11) is 1.05. The molecule has 0 radical (unpaired) electrons. The van der Waals surface area contributed by atoms with Crippen molar-refractivity contribution in [2.75, 3.05) is 0 Å². The van der Waals surface area contributed by atoms with Gasteiger partial charge in [0, 0.05) is 16.1 Å². The van der Waals surface area contributed by atoms with Gasteiger partial charge in [-0.25, -0.2) is 0 Å². The number of hydrogen-bond donors (Lipinski definition) is 0. The first kappa shape index (κ1) is 12.4. The Bertz CT molecular complexity index is 547. The fourth-order valence-corrected chi connectivity index (χ4v) is 3.25. The lowest BCUT2D eigenvalue weighted by Crippen LogP contribution is -2.09. The topological polar surface area (TPSA) is 0 Å². The minimum absolute atomic E-state index is 0.582. The summed E-state index contributed by atoms with van der Waals surface area (Å²) in [5.74, 6) is 0.582. The van der Waals surface area contributed by atoms with Gasteiger partial charge in [-0.3, -0.25) is 0 Å². The number of aryl methyl sites for hydroxylation is 1. The highest BCUT2D eigenvalue weighted by molar-refractivity contribution is 6.36. The largest absolute Gasteiger partial charge is 0.122 e. The van der Waals surface area contributed by atoms with Crippen LogP contribution in [-0.4, -0.2) is 10.2 Å². The van der Waals surface area contributed by atoms with E-state index in [1.165, 1.54) is 33.0 Å². The summed E-state index contributed by atoms with van der Waals surface area (Å²) in [6, 6.07) is 12.9. The van der Waals surface area contributed by atoms with Crippen molar-refractivity contribution >= 4 is 27.0 Å². The van der Waals surface area contributed by atoms with Crippen LogP contribution in [-0.2, 0) is 5.88 Å². The van der Waals surface area contributed by atoms with Gasteiger partial charge in [0.05, 0.1) is 0 Å². The monoisotopic (exact) mass is 260 g/mol. The van der Waals surface area contributed by atoms with E-state index in [9.17, 15) is 0 Å². The molecule has 0 N–H and O–H groups in total. The summed E-state index contributed by atoms with van der Waals surface area (Å²) in [5.41, 5.74) is 6.64. The summed E-state index contributed by atoms with van der Waals surface area (Å²) in [6.07, 6.45) is 0. The molecule has 0 nitrogen and oxygen atoms in total. The average Bonchev–Trinajstić information content (AvgIpc) is 2.33. The van der Waals surface area contributed by atoms with E-state index in [-0.39, 0.29) is 0 Å². The third-order valence-corrected chi connectivity index (χ3v) is 4.50. The molecule has 0 unspecified atom stereocenters. The number of benzene rings is 2. The van der Waals surface area contributed by atoms with E-state index >= 15 is 0 Å². The van der Waals surface area contributed by atoms with Crippen molar-refractivity contribution in [3.05, 3.63) is 53.1 Å². The highest BCUT2D eigenvalue weighted by atomic mass is 35.5. The molecule has 0 saturated carbocycles. The second kappa shape index (κ2) is 5.07. The van der Waals surface area contributed by atoms with Crippen LogP contribution in [0.15, 0.2) is 36.4 Å². The summed E-state index contributed by atoms with van der Waals surface area (Å²) in [5, 5.41) is 1.43. The molecule has 2 aromatic carbocycles. The molecule has 0 aliphatic heterocycles. The molecule has 2 aromatic rings. The SMILES string of the molecule is Cc1cccc(-c2c([SiH3])cccc2CCl)c1C. The number of halogens is 1. The normalized spacial score (nSPS) is 10.8. The zero-order chi connectivity index (χ0) is 12.4. The van der Waals surface area contributed by atoms with E-state index in [4.69, 9.17) is 11.6 Å². The van der Waals surface area contributed by atoms with E-state index in [2.05, 4.69) is 50.2 Å². The van der Waals surface area contributed by atoms with Crippen LogP contribution < -0.4 is 5.19 Å². The first-order chi connectivity index (χ1) is 8.15. The van der Waals surface area contributed by atoms with Crippen molar-refractivity contribution < 1.29 is 0 Å². The van der Waals surface area contributed by atoms with Crippen molar-refractivity contribution in [3.63, 3.8) is 0 Å². The minimum Gasteiger partial charge on any atom is -0.122 e. The molecular weight excluding hydrogens is 244 g/mol. The first-order valence-electron chi connectivity index (χ1n) is 5.86. The van der Waals surface area contributed by atoms with E-state index in [0.29, 0.717) is 5.88 Å². The van der Waals surface area contributed by atoms with Gasteiger partial charge >= 0.3 is 0 Å². The Morgan fingerprint density at radius 3 is 2.47 bits per heavy atom. The van der Waals surface area contributed by atoms with Crippen LogP contribution >= 0.6 is 11.6 Å². The van der Waals surface area contributed by atoms with Gasteiger partial charge in [0.2, 0.25) is 0 Å². The maximum atomic E-state index is 6.06. The van der Waals surface area contributed by atoms with Crippen molar-refractivity contribution in [1.82, 2.24) is 0 Å². The Morgan fingerprint density at radius 1 is 1.06 bits per heavy atom. The van der Waals surface area contributed by atoms with Gasteiger partial charge in [-0.2, -0.15) is 0 Å². The van der Waals surface area contributed by atoms with Gasteiger partial charge in [0.1, 0.15) is 0 Å². The molecule has 0 bridgehead atoms. The van der Waals surface area contributed by atoms with Gasteiger partial charge in [-0.15, -0.1) is 11.6 Å². The quantitative estimate of drug-likeness (QED) is 0.575. The molecular formula is C15H17ClSi. The maximum absolute atomic E-state index is 6.06. The van der Waals surface area contributed by atoms with Gasteiger partial charge in [0.15, 0.2) is 0 Å². The Hall–Kier alpha value is -1.05. The van der Waals surface area contributed by atoms with Crippen LogP contribution in [0.2, 0.25) is 0 Å². The van der Waals surface area contributed by atoms with Gasteiger partial charge in [-0.1, -0.05) is 41.6 Å². The van der Waals surface area contributed by atoms with Crippen molar-refractivity contribution in [1.29, 1.82) is 0 Å². The zero-order valence-corrected chi connectivity index (χ0v) is 13.3. The molecule has 0 atom stereocenters. The molecule has 0 aromatic heterocycles. The van der Waals surface area contributed by atoms with Crippen LogP contribution in [0.1, 0.15) is 16.7 Å². The highest BCUT2D eigenvalue weighted by Crippen LogP contribution is 2.27. The molecule has 0 amide bonds. The summed E-state index contributed by atoms with van der Waals surface area (Å²) in [6.45, 7) is 4.35. The third kappa shape index (κ3) is 2.31. The molecule has 88 valence electrons. The van der Waals surface area contributed by atoms with Crippen LogP contribution in [0.5, 0.6) is 0 Å². The lowest BCUT2D eigenvalue weighted by atomic mass is 9.94. The summed E-state index contributed by atoms with van der Waals surface area (Å²) >= 11 is 6.06. The predicted molar refractivity (Wildman–Crippen MR) is 80.5 cm³/mol. The Labute approximate surface area is 111 Å². The number of hydrogen-bond acceptors (Lipinski definition) is 0. The second-order valence-corrected chi connectivity index (χ2v) is 5.83.